The minimum Gasteiger partial charge on any atom is -0.342 e. The van der Waals surface area contributed by atoms with Gasteiger partial charge < -0.3 is 14.3 Å². The molecule has 1 aromatic heterocycles. The van der Waals surface area contributed by atoms with Crippen molar-refractivity contribution in [3.8, 4) is 0 Å². The summed E-state index contributed by atoms with van der Waals surface area (Å²) in [5, 5.41) is 3.94. The highest BCUT2D eigenvalue weighted by Gasteiger charge is 2.30. The lowest BCUT2D eigenvalue weighted by atomic mass is 9.98. The lowest BCUT2D eigenvalue weighted by Crippen LogP contribution is -2.46. The molecule has 2 aromatic rings. The molecule has 0 radical (unpaired) electrons. The van der Waals surface area contributed by atoms with Gasteiger partial charge in [0.1, 0.15) is 0 Å². The van der Waals surface area contributed by atoms with E-state index < -0.39 is 0 Å². The zero-order chi connectivity index (χ0) is 16.4. The van der Waals surface area contributed by atoms with E-state index in [0.717, 1.165) is 57.4 Å². The molecule has 2 aliphatic rings. The fraction of sp³-hybridized carbons (Fsp3) is 0.500. The number of piperidine rings is 1. The van der Waals surface area contributed by atoms with E-state index in [9.17, 15) is 0 Å². The largest absolute Gasteiger partial charge is 0.342 e. The zero-order valence-electron chi connectivity index (χ0n) is 14.5. The maximum atomic E-state index is 5.40. The number of rotatable bonds is 3. The van der Waals surface area contributed by atoms with Crippen LogP contribution in [-0.2, 0) is 6.54 Å². The predicted octanol–water partition coefficient (Wildman–Crippen LogP) is 3.05. The predicted molar refractivity (Wildman–Crippen MR) is 107 cm³/mol. The van der Waals surface area contributed by atoms with Crippen LogP contribution in [0.1, 0.15) is 36.0 Å². The summed E-state index contributed by atoms with van der Waals surface area (Å²) in [6.07, 6.45) is 2.23. The molecule has 0 amide bonds. The van der Waals surface area contributed by atoms with E-state index in [1.807, 2.05) is 6.92 Å². The van der Waals surface area contributed by atoms with Gasteiger partial charge in [-0.25, -0.2) is 0 Å². The van der Waals surface area contributed by atoms with Gasteiger partial charge >= 0.3 is 0 Å². The molecule has 4 rings (SSSR count). The number of aryl methyl sites for hydroxylation is 1. The molecule has 0 N–H and O–H groups in total. The molecular weight excluding hydrogens is 429 g/mol. The van der Waals surface area contributed by atoms with Gasteiger partial charge in [-0.15, -0.1) is 24.0 Å². The van der Waals surface area contributed by atoms with Crippen LogP contribution in [0.4, 0.5) is 0 Å². The van der Waals surface area contributed by atoms with Gasteiger partial charge in [0.05, 0.1) is 12.5 Å². The van der Waals surface area contributed by atoms with Gasteiger partial charge in [0.15, 0.2) is 11.8 Å². The average molecular weight is 453 g/mol. The van der Waals surface area contributed by atoms with Crippen molar-refractivity contribution in [2.45, 2.75) is 32.2 Å². The first-order valence-corrected chi connectivity index (χ1v) is 8.68. The fourth-order valence-corrected chi connectivity index (χ4v) is 3.56. The molecule has 25 heavy (non-hydrogen) atoms. The lowest BCUT2D eigenvalue weighted by molar-refractivity contribution is 0.238. The molecule has 0 saturated carbocycles. The molecule has 0 bridgehead atoms. The standard InChI is InChI=1S/C18H23N5O.HI/c1-14-20-17(24-21-14)16-8-5-10-22(13-16)18-19-9-11-23(18)12-15-6-3-2-4-7-15;/h2-4,6-7,16H,5,8-13H2,1H3;1H. The molecule has 1 unspecified atom stereocenters. The van der Waals surface area contributed by atoms with Gasteiger partial charge in [-0.1, -0.05) is 35.5 Å². The maximum Gasteiger partial charge on any atom is 0.231 e. The normalized spacial score (nSPS) is 20.4. The van der Waals surface area contributed by atoms with E-state index in [0.29, 0.717) is 11.7 Å². The SMILES string of the molecule is Cc1noc(C2CCCN(C3=NCCN3Cc3ccccc3)C2)n1.I. The Morgan fingerprint density at radius 3 is 2.80 bits per heavy atom. The van der Waals surface area contributed by atoms with Crippen LogP contribution in [-0.4, -0.2) is 52.1 Å². The van der Waals surface area contributed by atoms with Crippen molar-refractivity contribution in [2.75, 3.05) is 26.2 Å². The number of likely N-dealkylation sites (tertiary alicyclic amines) is 1. The molecule has 0 spiro atoms. The van der Waals surface area contributed by atoms with Gasteiger partial charge in [0, 0.05) is 26.2 Å². The van der Waals surface area contributed by atoms with E-state index in [2.05, 4.69) is 50.3 Å². The Bertz CT molecular complexity index is 717. The second kappa shape index (κ2) is 8.16. The van der Waals surface area contributed by atoms with E-state index in [-0.39, 0.29) is 24.0 Å². The molecule has 3 heterocycles. The summed E-state index contributed by atoms with van der Waals surface area (Å²) in [5.74, 6) is 2.91. The van der Waals surface area contributed by atoms with Crippen molar-refractivity contribution in [2.24, 2.45) is 4.99 Å². The summed E-state index contributed by atoms with van der Waals surface area (Å²) in [7, 11) is 0. The topological polar surface area (TPSA) is 57.8 Å². The number of aromatic nitrogens is 2. The summed E-state index contributed by atoms with van der Waals surface area (Å²) in [5.41, 5.74) is 1.33. The van der Waals surface area contributed by atoms with Crippen LogP contribution in [0.3, 0.4) is 0 Å². The van der Waals surface area contributed by atoms with Crippen molar-refractivity contribution in [1.82, 2.24) is 19.9 Å². The maximum absolute atomic E-state index is 5.40. The number of aliphatic imine (C=N–C) groups is 1. The molecular formula is C18H24IN5O. The first kappa shape index (κ1) is 18.2. The Morgan fingerprint density at radius 2 is 2.04 bits per heavy atom. The van der Waals surface area contributed by atoms with Gasteiger partial charge in [0.2, 0.25) is 5.89 Å². The molecule has 6 nitrogen and oxygen atoms in total. The molecule has 1 atom stereocenters. The van der Waals surface area contributed by atoms with Crippen molar-refractivity contribution >= 4 is 29.9 Å². The Kier molecular flexibility index (Phi) is 5.93. The minimum absolute atomic E-state index is 0. The van der Waals surface area contributed by atoms with Crippen molar-refractivity contribution < 1.29 is 4.52 Å². The highest BCUT2D eigenvalue weighted by Crippen LogP contribution is 2.27. The Labute approximate surface area is 165 Å². The van der Waals surface area contributed by atoms with E-state index in [1.165, 1.54) is 5.56 Å². The fourth-order valence-electron chi connectivity index (χ4n) is 3.56. The summed E-state index contributed by atoms with van der Waals surface area (Å²) in [4.78, 5) is 14.0. The van der Waals surface area contributed by atoms with Crippen LogP contribution >= 0.6 is 24.0 Å². The van der Waals surface area contributed by atoms with Gasteiger partial charge in [-0.2, -0.15) is 4.98 Å². The Hall–Kier alpha value is -1.64. The number of halogens is 1. The Morgan fingerprint density at radius 1 is 1.20 bits per heavy atom. The average Bonchev–Trinajstić information content (AvgIpc) is 3.25. The van der Waals surface area contributed by atoms with Crippen LogP contribution in [0.5, 0.6) is 0 Å². The molecule has 1 fully saturated rings. The van der Waals surface area contributed by atoms with Crippen molar-refractivity contribution in [1.29, 1.82) is 0 Å². The molecule has 134 valence electrons. The number of guanidine groups is 1. The molecule has 2 aliphatic heterocycles. The van der Waals surface area contributed by atoms with Crippen molar-refractivity contribution in [3.63, 3.8) is 0 Å². The minimum atomic E-state index is 0. The van der Waals surface area contributed by atoms with E-state index in [1.54, 1.807) is 0 Å². The van der Waals surface area contributed by atoms with Crippen LogP contribution in [0.2, 0.25) is 0 Å². The second-order valence-electron chi connectivity index (χ2n) is 6.55. The molecule has 1 aromatic carbocycles. The quantitative estimate of drug-likeness (QED) is 0.669. The summed E-state index contributed by atoms with van der Waals surface area (Å²) in [6, 6.07) is 10.6. The third-order valence-electron chi connectivity index (χ3n) is 4.72. The third-order valence-corrected chi connectivity index (χ3v) is 4.72. The van der Waals surface area contributed by atoms with Gasteiger partial charge in [0.25, 0.3) is 0 Å². The molecule has 1 saturated heterocycles. The number of benzene rings is 1. The van der Waals surface area contributed by atoms with Crippen LogP contribution in [0.25, 0.3) is 0 Å². The van der Waals surface area contributed by atoms with E-state index in [4.69, 9.17) is 9.52 Å². The first-order chi connectivity index (χ1) is 11.8. The third kappa shape index (κ3) is 4.13. The van der Waals surface area contributed by atoms with Crippen LogP contribution < -0.4 is 0 Å². The zero-order valence-corrected chi connectivity index (χ0v) is 16.8. The smallest absolute Gasteiger partial charge is 0.231 e. The highest BCUT2D eigenvalue weighted by molar-refractivity contribution is 14.0. The second-order valence-corrected chi connectivity index (χ2v) is 6.55. The molecule has 0 aliphatic carbocycles. The Balaban J connectivity index is 0.00000182. The number of nitrogens with zero attached hydrogens (tertiary/aromatic N) is 5. The number of hydrogen-bond acceptors (Lipinski definition) is 6. The summed E-state index contributed by atoms with van der Waals surface area (Å²) < 4.78 is 5.40. The highest BCUT2D eigenvalue weighted by atomic mass is 127. The van der Waals surface area contributed by atoms with Crippen LogP contribution in [0, 0.1) is 6.92 Å². The summed E-state index contributed by atoms with van der Waals surface area (Å²) in [6.45, 7) is 6.62. The van der Waals surface area contributed by atoms with Crippen LogP contribution in [0.15, 0.2) is 39.8 Å². The van der Waals surface area contributed by atoms with Crippen molar-refractivity contribution in [3.05, 3.63) is 47.6 Å². The van der Waals surface area contributed by atoms with E-state index >= 15 is 0 Å². The number of hydrogen-bond donors (Lipinski definition) is 0. The monoisotopic (exact) mass is 453 g/mol. The molecule has 7 heteroatoms. The first-order valence-electron chi connectivity index (χ1n) is 8.68. The summed E-state index contributed by atoms with van der Waals surface area (Å²) >= 11 is 0. The van der Waals surface area contributed by atoms with Gasteiger partial charge in [-0.3, -0.25) is 4.99 Å². The lowest BCUT2D eigenvalue weighted by Gasteiger charge is -2.36. The van der Waals surface area contributed by atoms with Gasteiger partial charge in [-0.05, 0) is 25.3 Å².